The molecule has 0 saturated carbocycles. The SMILES string of the molecule is CC/C=C\C/C=C\C/C=C\C/C=C\C/C=C\CC(=O)OC(COC(=O)CCCCCCC/C=C\C/C=C\CCC)COC(=O)CCCCCCCC/C=C\C/C=C\C/C=C\CCCCCCC. The average Bonchev–Trinajstić information content (AvgIpc) is 3.33. The number of carbonyl (C=O) groups is 3. The first-order chi connectivity index (χ1) is 33.0. The maximum Gasteiger partial charge on any atom is 0.310 e. The summed E-state index contributed by atoms with van der Waals surface area (Å²) in [4.78, 5) is 38.0. The Balaban J connectivity index is 4.52. The molecule has 0 aromatic carbocycles. The highest BCUT2D eigenvalue weighted by atomic mass is 16.6. The minimum Gasteiger partial charge on any atom is -0.462 e. The number of esters is 3. The quantitative estimate of drug-likeness (QED) is 0.0262. The van der Waals surface area contributed by atoms with E-state index < -0.39 is 12.1 Å². The van der Waals surface area contributed by atoms with Crippen LogP contribution in [0.25, 0.3) is 0 Å². The maximum atomic E-state index is 12.8. The number of carbonyl (C=O) groups excluding carboxylic acids is 3. The summed E-state index contributed by atoms with van der Waals surface area (Å²) in [6.07, 6.45) is 74.9. The fourth-order valence-corrected chi connectivity index (χ4v) is 6.91. The molecule has 0 aliphatic rings. The smallest absolute Gasteiger partial charge is 0.310 e. The second-order valence-corrected chi connectivity index (χ2v) is 17.4. The summed E-state index contributed by atoms with van der Waals surface area (Å²) in [6, 6.07) is 0. The van der Waals surface area contributed by atoms with Gasteiger partial charge in [-0.1, -0.05) is 219 Å². The average molecular weight is 927 g/mol. The van der Waals surface area contributed by atoms with Crippen molar-refractivity contribution in [2.24, 2.45) is 0 Å². The lowest BCUT2D eigenvalue weighted by molar-refractivity contribution is -0.166. The van der Waals surface area contributed by atoms with Crippen molar-refractivity contribution in [3.05, 3.63) is 122 Å². The molecule has 0 radical (unpaired) electrons. The fourth-order valence-electron chi connectivity index (χ4n) is 6.91. The number of unbranched alkanes of at least 4 members (excludes halogenated alkanes) is 17. The van der Waals surface area contributed by atoms with Crippen LogP contribution in [0.1, 0.15) is 226 Å². The van der Waals surface area contributed by atoms with Crippen molar-refractivity contribution < 1.29 is 28.6 Å². The van der Waals surface area contributed by atoms with E-state index in [1.165, 1.54) is 57.8 Å². The molecule has 0 aromatic rings. The van der Waals surface area contributed by atoms with Gasteiger partial charge >= 0.3 is 17.9 Å². The third-order valence-electron chi connectivity index (χ3n) is 10.9. The van der Waals surface area contributed by atoms with E-state index in [-0.39, 0.29) is 31.6 Å². The number of hydrogen-bond donors (Lipinski definition) is 0. The van der Waals surface area contributed by atoms with E-state index in [0.717, 1.165) is 122 Å². The molecular formula is C61H98O6. The second kappa shape index (κ2) is 54.4. The highest BCUT2D eigenvalue weighted by molar-refractivity contribution is 5.72. The molecule has 0 saturated heterocycles. The first-order valence-electron chi connectivity index (χ1n) is 27.0. The third kappa shape index (κ3) is 52.6. The van der Waals surface area contributed by atoms with Crippen LogP contribution in [0.5, 0.6) is 0 Å². The van der Waals surface area contributed by atoms with Crippen LogP contribution in [0.4, 0.5) is 0 Å². The minimum absolute atomic E-state index is 0.0861. The lowest BCUT2D eigenvalue weighted by Crippen LogP contribution is -2.30. The van der Waals surface area contributed by atoms with Gasteiger partial charge in [0.2, 0.25) is 0 Å². The molecule has 6 nitrogen and oxygen atoms in total. The number of hydrogen-bond acceptors (Lipinski definition) is 6. The van der Waals surface area contributed by atoms with Gasteiger partial charge in [-0.15, -0.1) is 0 Å². The summed E-state index contributed by atoms with van der Waals surface area (Å²) in [6.45, 7) is 6.33. The summed E-state index contributed by atoms with van der Waals surface area (Å²) >= 11 is 0. The van der Waals surface area contributed by atoms with E-state index in [9.17, 15) is 14.4 Å². The first kappa shape index (κ1) is 62.8. The number of allylic oxidation sites excluding steroid dienone is 19. The molecule has 378 valence electrons. The van der Waals surface area contributed by atoms with Gasteiger partial charge in [0, 0.05) is 12.8 Å². The van der Waals surface area contributed by atoms with Crippen LogP contribution in [0, 0.1) is 0 Å². The van der Waals surface area contributed by atoms with E-state index >= 15 is 0 Å². The molecule has 0 aliphatic heterocycles. The highest BCUT2D eigenvalue weighted by Gasteiger charge is 2.19. The van der Waals surface area contributed by atoms with Crippen LogP contribution in [-0.2, 0) is 28.6 Å². The molecule has 67 heavy (non-hydrogen) atoms. The molecular weight excluding hydrogens is 829 g/mol. The molecule has 1 atom stereocenters. The molecule has 0 aliphatic carbocycles. The molecule has 0 amide bonds. The summed E-state index contributed by atoms with van der Waals surface area (Å²) in [7, 11) is 0. The van der Waals surface area contributed by atoms with Crippen molar-refractivity contribution in [3.63, 3.8) is 0 Å². The van der Waals surface area contributed by atoms with Crippen molar-refractivity contribution in [1.29, 1.82) is 0 Å². The zero-order valence-corrected chi connectivity index (χ0v) is 43.1. The van der Waals surface area contributed by atoms with Crippen molar-refractivity contribution in [3.8, 4) is 0 Å². The molecule has 6 heteroatoms. The third-order valence-corrected chi connectivity index (χ3v) is 10.9. The van der Waals surface area contributed by atoms with Gasteiger partial charge in [-0.3, -0.25) is 14.4 Å². The molecule has 0 aromatic heterocycles. The predicted octanol–water partition coefficient (Wildman–Crippen LogP) is 18.1. The van der Waals surface area contributed by atoms with Gasteiger partial charge in [0.1, 0.15) is 13.2 Å². The minimum atomic E-state index is -0.847. The summed E-state index contributed by atoms with van der Waals surface area (Å²) < 4.78 is 16.7. The monoisotopic (exact) mass is 927 g/mol. The zero-order valence-electron chi connectivity index (χ0n) is 43.1. The predicted molar refractivity (Wildman–Crippen MR) is 288 cm³/mol. The van der Waals surface area contributed by atoms with Crippen molar-refractivity contribution >= 4 is 17.9 Å². The van der Waals surface area contributed by atoms with Crippen LogP contribution < -0.4 is 0 Å². The van der Waals surface area contributed by atoms with Crippen molar-refractivity contribution in [2.75, 3.05) is 13.2 Å². The van der Waals surface area contributed by atoms with E-state index in [1.54, 1.807) is 6.08 Å². The van der Waals surface area contributed by atoms with Crippen LogP contribution in [0.3, 0.4) is 0 Å². The molecule has 0 fully saturated rings. The lowest BCUT2D eigenvalue weighted by Gasteiger charge is -2.18. The van der Waals surface area contributed by atoms with E-state index in [1.807, 2.05) is 6.08 Å². The molecule has 1 unspecified atom stereocenters. The van der Waals surface area contributed by atoms with Gasteiger partial charge in [-0.25, -0.2) is 0 Å². The largest absolute Gasteiger partial charge is 0.462 e. The molecule has 0 bridgehead atoms. The zero-order chi connectivity index (χ0) is 48.6. The van der Waals surface area contributed by atoms with Crippen LogP contribution in [0.15, 0.2) is 122 Å². The molecule has 0 N–H and O–H groups in total. The normalized spacial score (nSPS) is 13.1. The molecule has 0 rings (SSSR count). The Morgan fingerprint density at radius 3 is 1.04 bits per heavy atom. The van der Waals surface area contributed by atoms with Gasteiger partial charge in [0.25, 0.3) is 0 Å². The Morgan fingerprint density at radius 1 is 0.328 bits per heavy atom. The van der Waals surface area contributed by atoms with E-state index in [0.29, 0.717) is 19.3 Å². The standard InChI is InChI=1S/C61H98O6/c1-4-7-10-13-16-19-22-25-27-28-29-30-31-32-34-36-39-42-45-48-51-54-60(63)66-57-58(56-65-59(62)53-50-47-44-41-38-35-24-21-18-15-12-9-6-3)67-61(64)55-52-49-46-43-40-37-33-26-23-20-17-14-11-8-5-2/h8,11-12,15,17,20-22,24-26,28-29,31-33,40,43,49,52,58H,4-7,9-10,13-14,16,18-19,23,27,30,34-39,41-42,44-48,50-51,53-57H2,1-3H3/b11-8-,15-12-,20-17-,24-21-,25-22-,29-28-,32-31-,33-26-,43-40-,52-49-. The summed E-state index contributed by atoms with van der Waals surface area (Å²) in [5.41, 5.74) is 0. The Morgan fingerprint density at radius 2 is 0.657 bits per heavy atom. The molecule has 0 heterocycles. The van der Waals surface area contributed by atoms with E-state index in [2.05, 4.69) is 130 Å². The Kier molecular flexibility index (Phi) is 51.0. The van der Waals surface area contributed by atoms with Crippen molar-refractivity contribution in [2.45, 2.75) is 232 Å². The maximum absolute atomic E-state index is 12.8. The second-order valence-electron chi connectivity index (χ2n) is 17.4. The van der Waals surface area contributed by atoms with E-state index in [4.69, 9.17) is 14.2 Å². The van der Waals surface area contributed by atoms with Gasteiger partial charge in [-0.05, 0) is 109 Å². The van der Waals surface area contributed by atoms with Gasteiger partial charge < -0.3 is 14.2 Å². The Hall–Kier alpha value is -4.19. The first-order valence-corrected chi connectivity index (χ1v) is 27.0. The summed E-state index contributed by atoms with van der Waals surface area (Å²) in [5.74, 6) is -1.09. The van der Waals surface area contributed by atoms with Crippen LogP contribution >= 0.6 is 0 Å². The number of rotatable bonds is 47. The van der Waals surface area contributed by atoms with Gasteiger partial charge in [-0.2, -0.15) is 0 Å². The van der Waals surface area contributed by atoms with Gasteiger partial charge in [0.15, 0.2) is 6.10 Å². The molecule has 0 spiro atoms. The Labute approximate surface area is 412 Å². The lowest BCUT2D eigenvalue weighted by atomic mass is 10.1. The van der Waals surface area contributed by atoms with Crippen LogP contribution in [-0.4, -0.2) is 37.2 Å². The van der Waals surface area contributed by atoms with Crippen molar-refractivity contribution in [1.82, 2.24) is 0 Å². The topological polar surface area (TPSA) is 78.9 Å². The summed E-state index contributed by atoms with van der Waals surface area (Å²) in [5, 5.41) is 0. The highest BCUT2D eigenvalue weighted by Crippen LogP contribution is 2.12. The Bertz CT molecular complexity index is 1440. The fraction of sp³-hybridized carbons (Fsp3) is 0.623. The van der Waals surface area contributed by atoms with Gasteiger partial charge in [0.05, 0.1) is 6.42 Å². The number of ether oxygens (including phenoxy) is 3. The van der Waals surface area contributed by atoms with Crippen LogP contribution in [0.2, 0.25) is 0 Å².